The van der Waals surface area contributed by atoms with E-state index in [-0.39, 0.29) is 0 Å². The van der Waals surface area contributed by atoms with Crippen LogP contribution in [0.5, 0.6) is 23.0 Å². The van der Waals surface area contributed by atoms with E-state index in [0.29, 0.717) is 12.6 Å². The summed E-state index contributed by atoms with van der Waals surface area (Å²) in [6.45, 7) is 1.52. The zero-order valence-corrected chi connectivity index (χ0v) is 19.1. The van der Waals surface area contributed by atoms with Crippen LogP contribution in [0.15, 0.2) is 48.5 Å². The second-order valence-corrected chi connectivity index (χ2v) is 8.44. The summed E-state index contributed by atoms with van der Waals surface area (Å²) in [5, 5.41) is 0. The first-order chi connectivity index (χ1) is 15.6. The Morgan fingerprint density at radius 3 is 2.31 bits per heavy atom. The molecule has 0 aromatic heterocycles. The molecular formula is C27H29NO4. The van der Waals surface area contributed by atoms with Crippen LogP contribution in [-0.4, -0.2) is 39.8 Å². The zero-order chi connectivity index (χ0) is 22.2. The summed E-state index contributed by atoms with van der Waals surface area (Å²) in [5.41, 5.74) is 7.30. The van der Waals surface area contributed by atoms with Gasteiger partial charge in [-0.1, -0.05) is 30.3 Å². The number of likely N-dealkylation sites (N-methyl/N-ethyl adjacent to an activating group) is 1. The van der Waals surface area contributed by atoms with Crippen LogP contribution in [-0.2, 0) is 19.4 Å². The van der Waals surface area contributed by atoms with Crippen molar-refractivity contribution < 1.29 is 18.9 Å². The van der Waals surface area contributed by atoms with Gasteiger partial charge in [0.05, 0.1) is 21.3 Å². The van der Waals surface area contributed by atoms with Crippen LogP contribution in [0.3, 0.4) is 0 Å². The highest BCUT2D eigenvalue weighted by atomic mass is 16.5. The summed E-state index contributed by atoms with van der Waals surface area (Å²) in [5.74, 6) is 3.05. The summed E-state index contributed by atoms with van der Waals surface area (Å²) >= 11 is 0. The van der Waals surface area contributed by atoms with Gasteiger partial charge >= 0.3 is 0 Å². The Bertz CT molecular complexity index is 1140. The molecule has 3 aromatic carbocycles. The second-order valence-electron chi connectivity index (χ2n) is 8.44. The number of fused-ring (bicyclic) bond motifs is 2. The molecule has 0 saturated carbocycles. The molecule has 5 heteroatoms. The van der Waals surface area contributed by atoms with Crippen LogP contribution < -0.4 is 18.9 Å². The average molecular weight is 432 g/mol. The van der Waals surface area contributed by atoms with Gasteiger partial charge in [-0.15, -0.1) is 0 Å². The molecule has 1 aliphatic heterocycles. The van der Waals surface area contributed by atoms with E-state index in [4.69, 9.17) is 18.9 Å². The third-order valence-corrected chi connectivity index (χ3v) is 6.70. The van der Waals surface area contributed by atoms with Gasteiger partial charge in [0, 0.05) is 18.2 Å². The van der Waals surface area contributed by atoms with Crippen molar-refractivity contribution in [2.45, 2.75) is 25.5 Å². The van der Waals surface area contributed by atoms with Gasteiger partial charge in [0.1, 0.15) is 6.61 Å². The Labute approximate surface area is 189 Å². The van der Waals surface area contributed by atoms with Gasteiger partial charge in [0.2, 0.25) is 0 Å². The third kappa shape index (κ3) is 3.37. The average Bonchev–Trinajstić information content (AvgIpc) is 2.84. The number of methoxy groups -OCH3 is 3. The SMILES string of the molecule is COc1cc2c(cc1OC)-c1c(OC)c(OCc3ccccc3)cc3c1[C@H](C2)N(C)CC3. The van der Waals surface area contributed by atoms with Gasteiger partial charge in [0.25, 0.3) is 0 Å². The topological polar surface area (TPSA) is 40.2 Å². The van der Waals surface area contributed by atoms with E-state index in [9.17, 15) is 0 Å². The monoisotopic (exact) mass is 431 g/mol. The van der Waals surface area contributed by atoms with Crippen LogP contribution in [0.1, 0.15) is 28.3 Å². The Morgan fingerprint density at radius 2 is 1.59 bits per heavy atom. The Kier molecular flexibility index (Phi) is 5.43. The van der Waals surface area contributed by atoms with E-state index in [1.54, 1.807) is 21.3 Å². The summed E-state index contributed by atoms with van der Waals surface area (Å²) in [4.78, 5) is 2.44. The van der Waals surface area contributed by atoms with E-state index < -0.39 is 0 Å². The van der Waals surface area contributed by atoms with E-state index in [2.05, 4.69) is 42.3 Å². The molecular weight excluding hydrogens is 402 g/mol. The van der Waals surface area contributed by atoms with Crippen LogP contribution in [0.4, 0.5) is 0 Å². The molecule has 0 radical (unpaired) electrons. The first kappa shape index (κ1) is 20.7. The lowest BCUT2D eigenvalue weighted by Crippen LogP contribution is -2.35. The normalized spacial score (nSPS) is 16.7. The standard InChI is InChI=1S/C27H29NO4/c1-28-11-10-18-13-24(32-16-17-8-6-5-7-9-17)27(31-4)26-20-15-23(30-3)22(29-2)14-19(20)12-21(28)25(18)26/h5-9,13-15,21H,10-12,16H2,1-4H3/t21-/m0/s1. The van der Waals surface area contributed by atoms with Gasteiger partial charge in [-0.25, -0.2) is 0 Å². The first-order valence-electron chi connectivity index (χ1n) is 11.0. The summed E-state index contributed by atoms with van der Waals surface area (Å²) in [7, 11) is 7.29. The van der Waals surface area contributed by atoms with Crippen molar-refractivity contribution in [3.05, 3.63) is 70.8 Å². The van der Waals surface area contributed by atoms with Crippen molar-refractivity contribution in [1.29, 1.82) is 0 Å². The Balaban J connectivity index is 1.69. The first-order valence-corrected chi connectivity index (χ1v) is 11.0. The van der Waals surface area contributed by atoms with Crippen LogP contribution in [0, 0.1) is 0 Å². The number of hydrogen-bond donors (Lipinski definition) is 0. The van der Waals surface area contributed by atoms with Crippen LogP contribution in [0.25, 0.3) is 11.1 Å². The second kappa shape index (κ2) is 8.40. The maximum atomic E-state index is 6.33. The lowest BCUT2D eigenvalue weighted by atomic mass is 9.76. The molecule has 3 aromatic rings. The molecule has 0 bridgehead atoms. The van der Waals surface area contributed by atoms with Gasteiger partial charge in [-0.3, -0.25) is 4.90 Å². The number of rotatable bonds is 6. The molecule has 0 amide bonds. The minimum Gasteiger partial charge on any atom is -0.493 e. The molecule has 1 atom stereocenters. The van der Waals surface area contributed by atoms with E-state index in [1.165, 1.54) is 16.7 Å². The molecule has 1 aliphatic carbocycles. The Morgan fingerprint density at radius 1 is 0.875 bits per heavy atom. The van der Waals surface area contributed by atoms with Crippen molar-refractivity contribution in [1.82, 2.24) is 4.90 Å². The predicted molar refractivity (Wildman–Crippen MR) is 125 cm³/mol. The van der Waals surface area contributed by atoms with E-state index in [0.717, 1.165) is 59.1 Å². The number of benzene rings is 3. The third-order valence-electron chi connectivity index (χ3n) is 6.70. The molecule has 166 valence electrons. The summed E-state index contributed by atoms with van der Waals surface area (Å²) in [6.07, 6.45) is 1.92. The fourth-order valence-electron chi connectivity index (χ4n) is 5.07. The highest BCUT2D eigenvalue weighted by Gasteiger charge is 2.37. The van der Waals surface area contributed by atoms with Crippen molar-refractivity contribution >= 4 is 0 Å². The Hall–Kier alpha value is -3.18. The fraction of sp³-hybridized carbons (Fsp3) is 0.333. The molecule has 0 spiro atoms. The summed E-state index contributed by atoms with van der Waals surface area (Å²) < 4.78 is 23.6. The molecule has 5 rings (SSSR count). The molecule has 0 N–H and O–H groups in total. The highest BCUT2D eigenvalue weighted by molar-refractivity contribution is 5.85. The van der Waals surface area contributed by atoms with Gasteiger partial charge in [-0.2, -0.15) is 0 Å². The lowest BCUT2D eigenvalue weighted by molar-refractivity contribution is 0.225. The minimum atomic E-state index is 0.302. The lowest BCUT2D eigenvalue weighted by Gasteiger charge is -2.40. The molecule has 5 nitrogen and oxygen atoms in total. The van der Waals surface area contributed by atoms with Crippen LogP contribution >= 0.6 is 0 Å². The predicted octanol–water partition coefficient (Wildman–Crippen LogP) is 5.04. The smallest absolute Gasteiger partial charge is 0.168 e. The van der Waals surface area contributed by atoms with Crippen molar-refractivity contribution in [2.75, 3.05) is 34.9 Å². The number of ether oxygens (including phenoxy) is 4. The van der Waals surface area contributed by atoms with Crippen LogP contribution in [0.2, 0.25) is 0 Å². The molecule has 1 heterocycles. The zero-order valence-electron chi connectivity index (χ0n) is 19.1. The molecule has 32 heavy (non-hydrogen) atoms. The quantitative estimate of drug-likeness (QED) is 0.547. The van der Waals surface area contributed by atoms with Crippen molar-refractivity contribution in [2.24, 2.45) is 0 Å². The van der Waals surface area contributed by atoms with Crippen molar-refractivity contribution in [3.63, 3.8) is 0 Å². The van der Waals surface area contributed by atoms with Gasteiger partial charge in [-0.05, 0) is 65.9 Å². The highest BCUT2D eigenvalue weighted by Crippen LogP contribution is 2.54. The maximum Gasteiger partial charge on any atom is 0.168 e. The van der Waals surface area contributed by atoms with E-state index >= 15 is 0 Å². The van der Waals surface area contributed by atoms with E-state index in [1.807, 2.05) is 18.2 Å². The fourth-order valence-corrected chi connectivity index (χ4v) is 5.07. The molecule has 0 saturated heterocycles. The van der Waals surface area contributed by atoms with Gasteiger partial charge in [0.15, 0.2) is 23.0 Å². The number of nitrogens with zero attached hydrogens (tertiary/aromatic N) is 1. The molecule has 0 fully saturated rings. The summed E-state index contributed by atoms with van der Waals surface area (Å²) in [6, 6.07) is 16.9. The molecule has 0 unspecified atom stereocenters. The maximum absolute atomic E-state index is 6.33. The van der Waals surface area contributed by atoms with Gasteiger partial charge < -0.3 is 18.9 Å². The van der Waals surface area contributed by atoms with Crippen molar-refractivity contribution in [3.8, 4) is 34.1 Å². The largest absolute Gasteiger partial charge is 0.493 e. The molecule has 2 aliphatic rings. The minimum absolute atomic E-state index is 0.302. The number of hydrogen-bond acceptors (Lipinski definition) is 5.